The lowest BCUT2D eigenvalue weighted by Gasteiger charge is -2.23. The molecule has 7 heteroatoms. The molecular weight excluding hydrogens is 306 g/mol. The molecule has 2 amide bonds. The van der Waals surface area contributed by atoms with Crippen LogP contribution in [0.25, 0.3) is 0 Å². The van der Waals surface area contributed by atoms with Gasteiger partial charge in [0.2, 0.25) is 5.91 Å². The molecule has 3 N–H and O–H groups in total. The summed E-state index contributed by atoms with van der Waals surface area (Å²) in [7, 11) is 1.72. The van der Waals surface area contributed by atoms with Gasteiger partial charge in [-0.15, -0.1) is 0 Å². The fourth-order valence-corrected chi connectivity index (χ4v) is 2.17. The molecule has 0 saturated heterocycles. The number of aromatic nitrogens is 2. The third kappa shape index (κ3) is 4.66. The van der Waals surface area contributed by atoms with Crippen LogP contribution in [0, 0.1) is 0 Å². The number of benzene rings is 1. The Morgan fingerprint density at radius 3 is 2.88 bits per heavy atom. The maximum absolute atomic E-state index is 12.4. The number of nitrogens with one attached hydrogen (secondary N) is 1. The van der Waals surface area contributed by atoms with Gasteiger partial charge in [-0.3, -0.25) is 9.59 Å². The van der Waals surface area contributed by atoms with E-state index in [0.717, 1.165) is 0 Å². The lowest BCUT2D eigenvalue weighted by atomic mass is 10.1. The molecule has 2 aromatic rings. The number of aryl methyl sites for hydroxylation is 1. The molecular formula is C17H23N5O2. The predicted octanol–water partition coefficient (Wildman–Crippen LogP) is 1.33. The van der Waals surface area contributed by atoms with Crippen LogP contribution in [0.3, 0.4) is 0 Å². The Morgan fingerprint density at radius 1 is 1.42 bits per heavy atom. The van der Waals surface area contributed by atoms with Crippen molar-refractivity contribution in [2.24, 2.45) is 5.73 Å². The van der Waals surface area contributed by atoms with Gasteiger partial charge in [0.15, 0.2) is 0 Å². The van der Waals surface area contributed by atoms with Crippen LogP contribution in [0.5, 0.6) is 0 Å². The van der Waals surface area contributed by atoms with Gasteiger partial charge < -0.3 is 20.5 Å². The number of hydrogen-bond acceptors (Lipinski definition) is 4. The molecule has 24 heavy (non-hydrogen) atoms. The topological polar surface area (TPSA) is 93.3 Å². The van der Waals surface area contributed by atoms with Crippen molar-refractivity contribution in [3.05, 3.63) is 48.5 Å². The zero-order valence-electron chi connectivity index (χ0n) is 14.0. The first-order valence-corrected chi connectivity index (χ1v) is 7.84. The smallest absolute Gasteiger partial charge is 0.253 e. The number of anilines is 1. The minimum atomic E-state index is -0.123. The van der Waals surface area contributed by atoms with Crippen LogP contribution in [0.2, 0.25) is 0 Å². The van der Waals surface area contributed by atoms with Crippen LogP contribution in [0.1, 0.15) is 23.7 Å². The van der Waals surface area contributed by atoms with E-state index in [0.29, 0.717) is 30.8 Å². The monoisotopic (exact) mass is 329 g/mol. The standard InChI is InChI=1S/C17H23N5O2/c1-13(11-18)21(2)17(24)14-4-3-5-15(10-14)20-16(23)6-8-22-9-7-19-12-22/h3-5,7,9-10,12-13H,6,8,11,18H2,1-2H3,(H,20,23). The lowest BCUT2D eigenvalue weighted by molar-refractivity contribution is -0.116. The van der Waals surface area contributed by atoms with E-state index in [-0.39, 0.29) is 17.9 Å². The summed E-state index contributed by atoms with van der Waals surface area (Å²) in [6.45, 7) is 2.84. The molecule has 1 aromatic carbocycles. The second-order valence-electron chi connectivity index (χ2n) is 5.68. The van der Waals surface area contributed by atoms with Crippen LogP contribution in [0.4, 0.5) is 5.69 Å². The minimum Gasteiger partial charge on any atom is -0.338 e. The Morgan fingerprint density at radius 2 is 2.21 bits per heavy atom. The van der Waals surface area contributed by atoms with Gasteiger partial charge in [-0.1, -0.05) is 6.07 Å². The molecule has 0 bridgehead atoms. The van der Waals surface area contributed by atoms with E-state index in [1.54, 1.807) is 54.9 Å². The fraction of sp³-hybridized carbons (Fsp3) is 0.353. The average Bonchev–Trinajstić information content (AvgIpc) is 3.11. The molecule has 0 saturated carbocycles. The molecule has 0 fully saturated rings. The van der Waals surface area contributed by atoms with Crippen LogP contribution in [-0.2, 0) is 11.3 Å². The second kappa shape index (κ2) is 8.26. The number of rotatable bonds is 7. The Bertz CT molecular complexity index is 684. The SMILES string of the molecule is CC(CN)N(C)C(=O)c1cccc(NC(=O)CCn2ccnc2)c1. The molecule has 1 atom stereocenters. The first-order chi connectivity index (χ1) is 11.5. The number of likely N-dealkylation sites (N-methyl/N-ethyl adjacent to an activating group) is 1. The van der Waals surface area contributed by atoms with Crippen molar-refractivity contribution in [2.75, 3.05) is 18.9 Å². The molecule has 0 spiro atoms. The van der Waals surface area contributed by atoms with Crippen molar-refractivity contribution >= 4 is 17.5 Å². The van der Waals surface area contributed by atoms with E-state index in [2.05, 4.69) is 10.3 Å². The molecule has 1 unspecified atom stereocenters. The normalized spacial score (nSPS) is 11.8. The predicted molar refractivity (Wildman–Crippen MR) is 92.5 cm³/mol. The van der Waals surface area contributed by atoms with Gasteiger partial charge >= 0.3 is 0 Å². The lowest BCUT2D eigenvalue weighted by Crippen LogP contribution is -2.39. The van der Waals surface area contributed by atoms with Gasteiger partial charge in [0, 0.05) is 56.2 Å². The summed E-state index contributed by atoms with van der Waals surface area (Å²) in [6, 6.07) is 6.86. The number of nitrogens with zero attached hydrogens (tertiary/aromatic N) is 3. The summed E-state index contributed by atoms with van der Waals surface area (Å²) in [5, 5.41) is 2.81. The number of carbonyl (C=O) groups is 2. The fourth-order valence-electron chi connectivity index (χ4n) is 2.17. The summed E-state index contributed by atoms with van der Waals surface area (Å²) < 4.78 is 1.84. The van der Waals surface area contributed by atoms with E-state index < -0.39 is 0 Å². The molecule has 1 aromatic heterocycles. The zero-order valence-corrected chi connectivity index (χ0v) is 14.0. The zero-order chi connectivity index (χ0) is 17.5. The van der Waals surface area contributed by atoms with Crippen molar-refractivity contribution in [3.8, 4) is 0 Å². The summed E-state index contributed by atoms with van der Waals surface area (Å²) >= 11 is 0. The molecule has 2 rings (SSSR count). The molecule has 1 heterocycles. The van der Waals surface area contributed by atoms with E-state index in [9.17, 15) is 9.59 Å². The Hall–Kier alpha value is -2.67. The largest absolute Gasteiger partial charge is 0.338 e. The number of imidazole rings is 1. The first-order valence-electron chi connectivity index (χ1n) is 7.84. The Labute approximate surface area is 141 Å². The van der Waals surface area contributed by atoms with Crippen LogP contribution >= 0.6 is 0 Å². The number of hydrogen-bond donors (Lipinski definition) is 2. The Kier molecular flexibility index (Phi) is 6.08. The molecule has 7 nitrogen and oxygen atoms in total. The van der Waals surface area contributed by atoms with Gasteiger partial charge in [0.05, 0.1) is 6.33 Å². The van der Waals surface area contributed by atoms with E-state index >= 15 is 0 Å². The second-order valence-corrected chi connectivity index (χ2v) is 5.68. The highest BCUT2D eigenvalue weighted by Crippen LogP contribution is 2.14. The van der Waals surface area contributed by atoms with Crippen LogP contribution < -0.4 is 11.1 Å². The maximum atomic E-state index is 12.4. The van der Waals surface area contributed by atoms with E-state index in [1.165, 1.54) is 0 Å². The highest BCUT2D eigenvalue weighted by Gasteiger charge is 2.16. The third-order valence-corrected chi connectivity index (χ3v) is 3.87. The number of nitrogens with two attached hydrogens (primary N) is 1. The number of carbonyl (C=O) groups excluding carboxylic acids is 2. The molecule has 0 aliphatic rings. The quantitative estimate of drug-likeness (QED) is 0.801. The van der Waals surface area contributed by atoms with Crippen molar-refractivity contribution in [3.63, 3.8) is 0 Å². The van der Waals surface area contributed by atoms with E-state index in [1.807, 2.05) is 11.5 Å². The first kappa shape index (κ1) is 17.7. The summed E-state index contributed by atoms with van der Waals surface area (Å²) in [5.41, 5.74) is 6.72. The van der Waals surface area contributed by atoms with Crippen molar-refractivity contribution in [1.82, 2.24) is 14.5 Å². The number of amides is 2. The third-order valence-electron chi connectivity index (χ3n) is 3.87. The average molecular weight is 329 g/mol. The maximum Gasteiger partial charge on any atom is 0.253 e. The van der Waals surface area contributed by atoms with E-state index in [4.69, 9.17) is 5.73 Å². The van der Waals surface area contributed by atoms with Gasteiger partial charge in [0.25, 0.3) is 5.91 Å². The van der Waals surface area contributed by atoms with Gasteiger partial charge in [0.1, 0.15) is 0 Å². The molecule has 0 aliphatic heterocycles. The van der Waals surface area contributed by atoms with Crippen molar-refractivity contribution < 1.29 is 9.59 Å². The molecule has 0 aliphatic carbocycles. The highest BCUT2D eigenvalue weighted by atomic mass is 16.2. The highest BCUT2D eigenvalue weighted by molar-refractivity contribution is 5.97. The molecule has 0 radical (unpaired) electrons. The van der Waals surface area contributed by atoms with Crippen molar-refractivity contribution in [2.45, 2.75) is 25.9 Å². The summed E-state index contributed by atoms with van der Waals surface area (Å²) in [4.78, 5) is 30.0. The van der Waals surface area contributed by atoms with Gasteiger partial charge in [-0.25, -0.2) is 4.98 Å². The van der Waals surface area contributed by atoms with Gasteiger partial charge in [-0.05, 0) is 25.1 Å². The minimum absolute atomic E-state index is 0.0501. The van der Waals surface area contributed by atoms with Crippen molar-refractivity contribution in [1.29, 1.82) is 0 Å². The van der Waals surface area contributed by atoms with Crippen LogP contribution in [-0.4, -0.2) is 45.9 Å². The molecule has 128 valence electrons. The summed E-state index contributed by atoms with van der Waals surface area (Å²) in [6.07, 6.45) is 5.48. The van der Waals surface area contributed by atoms with Crippen LogP contribution in [0.15, 0.2) is 43.0 Å². The van der Waals surface area contributed by atoms with Gasteiger partial charge in [-0.2, -0.15) is 0 Å². The summed E-state index contributed by atoms with van der Waals surface area (Å²) in [5.74, 6) is -0.237. The Balaban J connectivity index is 1.96.